The molecule has 4 aromatic rings. The van der Waals surface area contributed by atoms with Gasteiger partial charge in [0.15, 0.2) is 5.43 Å². The van der Waals surface area contributed by atoms with Crippen molar-refractivity contribution in [1.82, 2.24) is 24.8 Å². The van der Waals surface area contributed by atoms with Gasteiger partial charge < -0.3 is 28.9 Å². The van der Waals surface area contributed by atoms with E-state index >= 15 is 0 Å². The number of benzene rings is 2. The van der Waals surface area contributed by atoms with Crippen LogP contribution < -0.4 is 20.4 Å². The first kappa shape index (κ1) is 39.5. The van der Waals surface area contributed by atoms with Crippen LogP contribution in [0.2, 0.25) is 0 Å². The van der Waals surface area contributed by atoms with E-state index in [9.17, 15) is 28.5 Å². The number of amides is 3. The molecule has 13 nitrogen and oxygen atoms in total. The molecule has 7 rings (SSSR count). The van der Waals surface area contributed by atoms with Crippen molar-refractivity contribution in [3.63, 3.8) is 0 Å². The summed E-state index contributed by atoms with van der Waals surface area (Å²) in [5.41, 5.74) is 1.34. The molecule has 0 spiro atoms. The summed E-state index contributed by atoms with van der Waals surface area (Å²) in [7, 11) is -1.82. The summed E-state index contributed by atoms with van der Waals surface area (Å²) < 4.78 is 28.2. The number of esters is 1. The highest BCUT2D eigenvalue weighted by Gasteiger charge is 2.48. The number of aromatic nitrogens is 1. The molecule has 1 unspecified atom stereocenters. The first-order valence-electron chi connectivity index (χ1n) is 19.3. The molecule has 0 bridgehead atoms. The van der Waals surface area contributed by atoms with E-state index in [0.717, 1.165) is 29.3 Å². The van der Waals surface area contributed by atoms with Gasteiger partial charge in [-0.3, -0.25) is 28.5 Å². The van der Waals surface area contributed by atoms with Crippen molar-refractivity contribution in [2.45, 2.75) is 88.6 Å². The van der Waals surface area contributed by atoms with Crippen LogP contribution >= 0.6 is 18.9 Å². The van der Waals surface area contributed by atoms with Crippen LogP contribution in [0.15, 0.2) is 77.9 Å². The molecule has 5 heterocycles. The third-order valence-electron chi connectivity index (χ3n) is 10.8. The molecule has 3 amide bonds. The topological polar surface area (TPSA) is 156 Å². The molecule has 0 aliphatic carbocycles. The second-order valence-corrected chi connectivity index (χ2v) is 18.2. The number of carbonyl (C=O) groups is 4. The Morgan fingerprint density at radius 2 is 1.79 bits per heavy atom. The van der Waals surface area contributed by atoms with E-state index in [0.29, 0.717) is 54.1 Å². The highest BCUT2D eigenvalue weighted by Crippen LogP contribution is 2.47. The molecule has 296 valence electrons. The van der Waals surface area contributed by atoms with Gasteiger partial charge in [0.1, 0.15) is 23.9 Å². The molecule has 3 aliphatic rings. The van der Waals surface area contributed by atoms with E-state index in [1.807, 2.05) is 49.0 Å². The number of nitrogens with zero attached hydrogens (tertiary/aromatic N) is 3. The lowest BCUT2D eigenvalue weighted by Gasteiger charge is -2.42. The van der Waals surface area contributed by atoms with Crippen molar-refractivity contribution in [3.8, 4) is 5.75 Å². The van der Waals surface area contributed by atoms with Crippen LogP contribution in [0.1, 0.15) is 79.1 Å². The van der Waals surface area contributed by atoms with Crippen molar-refractivity contribution < 1.29 is 33.0 Å². The third-order valence-corrected chi connectivity index (χ3v) is 14.0. The van der Waals surface area contributed by atoms with Crippen molar-refractivity contribution in [1.29, 1.82) is 0 Å². The van der Waals surface area contributed by atoms with Crippen LogP contribution in [-0.4, -0.2) is 81.9 Å². The van der Waals surface area contributed by atoms with E-state index < -0.39 is 31.6 Å². The Bertz CT molecular complexity index is 2220. The number of hydrogen-bond donors (Lipinski definition) is 2. The highest BCUT2D eigenvalue weighted by atomic mass is 32.1. The summed E-state index contributed by atoms with van der Waals surface area (Å²) in [6, 6.07) is 15.3. The van der Waals surface area contributed by atoms with Gasteiger partial charge in [-0.15, -0.1) is 11.3 Å². The van der Waals surface area contributed by atoms with Gasteiger partial charge in [0, 0.05) is 60.8 Å². The van der Waals surface area contributed by atoms with E-state index in [1.165, 1.54) is 11.3 Å². The molecule has 2 aromatic heterocycles. The van der Waals surface area contributed by atoms with Crippen LogP contribution in [0, 0.1) is 0 Å². The van der Waals surface area contributed by atoms with E-state index in [1.54, 1.807) is 59.3 Å². The molecule has 3 saturated heterocycles. The van der Waals surface area contributed by atoms with Gasteiger partial charge in [0.05, 0.1) is 17.6 Å². The monoisotopic (exact) mass is 801 g/mol. The minimum atomic E-state index is -3.69. The zero-order chi connectivity index (χ0) is 39.6. The maximum Gasteiger partial charge on any atom is 0.323 e. The molecule has 2 N–H and O–H groups in total. The minimum absolute atomic E-state index is 0.0309. The summed E-state index contributed by atoms with van der Waals surface area (Å²) in [6.07, 6.45) is 7.45. The smallest absolute Gasteiger partial charge is 0.323 e. The number of likely N-dealkylation sites (tertiary alicyclic amines) is 1. The summed E-state index contributed by atoms with van der Waals surface area (Å²) in [6.45, 7) is 4.62. The molecule has 0 radical (unpaired) electrons. The Labute approximate surface area is 329 Å². The average Bonchev–Trinajstić information content (AvgIpc) is 3.75. The van der Waals surface area contributed by atoms with Gasteiger partial charge >= 0.3 is 13.5 Å². The van der Waals surface area contributed by atoms with E-state index in [-0.39, 0.29) is 47.9 Å². The fourth-order valence-electron chi connectivity index (χ4n) is 7.92. The highest BCUT2D eigenvalue weighted by molar-refractivity contribution is 7.56. The maximum absolute atomic E-state index is 14.3. The summed E-state index contributed by atoms with van der Waals surface area (Å²) in [5, 5.41) is 6.65. The number of thiophene rings is 1. The van der Waals surface area contributed by atoms with Crippen LogP contribution in [0.5, 0.6) is 5.75 Å². The third kappa shape index (κ3) is 8.62. The molecule has 5 atom stereocenters. The van der Waals surface area contributed by atoms with Gasteiger partial charge in [-0.05, 0) is 86.7 Å². The van der Waals surface area contributed by atoms with E-state index in [4.69, 9.17) is 9.26 Å². The number of nitrogens with one attached hydrogen (secondary N) is 2. The fourth-order valence-corrected chi connectivity index (χ4v) is 10.9. The predicted octanol–water partition coefficient (Wildman–Crippen LogP) is 5.57. The molecule has 56 heavy (non-hydrogen) atoms. The van der Waals surface area contributed by atoms with E-state index in [2.05, 4.69) is 10.4 Å². The quantitative estimate of drug-likeness (QED) is 0.130. The Morgan fingerprint density at radius 3 is 2.55 bits per heavy atom. The summed E-state index contributed by atoms with van der Waals surface area (Å²) in [4.78, 5) is 70.5. The van der Waals surface area contributed by atoms with Crippen LogP contribution in [-0.2, 0) is 36.9 Å². The number of rotatable bonds is 13. The van der Waals surface area contributed by atoms with Crippen molar-refractivity contribution >= 4 is 52.6 Å². The molecule has 0 saturated carbocycles. The molecule has 2 aromatic carbocycles. The van der Waals surface area contributed by atoms with Crippen LogP contribution in [0.25, 0.3) is 10.1 Å². The molecular weight excluding hydrogens is 754 g/mol. The number of carbonyl (C=O) groups excluding carboxylic acids is 4. The van der Waals surface area contributed by atoms with Crippen LogP contribution in [0.3, 0.4) is 0 Å². The normalized spacial score (nSPS) is 21.4. The predicted molar refractivity (Wildman–Crippen MR) is 214 cm³/mol. The first-order chi connectivity index (χ1) is 26.9. The summed E-state index contributed by atoms with van der Waals surface area (Å²) in [5.74, 6) is -0.873. The SMILES string of the molecule is CCCOC(=O)[C@H](C)NP(=O)(Cc1ccc2sc(C(=O)N[C@H]3CCC[C@H]4CC[C@@H](C(=O)N5CC(c6cn(C)ccc6=O)C5)N4C3=O)cc2c1)Oc1ccccc1. The Kier molecular flexibility index (Phi) is 11.8. The van der Waals surface area contributed by atoms with Crippen LogP contribution in [0.4, 0.5) is 0 Å². The van der Waals surface area contributed by atoms with Crippen molar-refractivity contribution in [3.05, 3.63) is 99.3 Å². The van der Waals surface area contributed by atoms with Crippen molar-refractivity contribution in [2.75, 3.05) is 19.7 Å². The second kappa shape index (κ2) is 16.8. The Hall–Kier alpha value is -4.78. The standard InChI is InChI=1S/C41H48N5O8PS/c1-4-19-53-41(51)26(2)43-55(52,54-31-10-6-5-7-11-31)25-27-13-16-36-28(20-27)21-37(56-36)38(48)42-33-12-8-9-30-14-15-34(46(30)39(33)49)40(50)45-22-29(23-45)32-24-44(3)18-17-35(32)47/h5-7,10-11,13,16-18,20-21,24,26,29-30,33-34H,4,8-9,12,14-15,19,22-23,25H2,1-3H3,(H,42,48)(H,43,52)/t26-,30-,33-,34-,55?/m0/s1. The number of ether oxygens (including phenoxy) is 1. The number of aryl methyl sites for hydroxylation is 1. The van der Waals surface area contributed by atoms with Crippen molar-refractivity contribution in [2.24, 2.45) is 7.05 Å². The lowest BCUT2D eigenvalue weighted by atomic mass is 9.91. The zero-order valence-electron chi connectivity index (χ0n) is 31.8. The molecule has 3 aliphatic heterocycles. The Balaban J connectivity index is 1.02. The largest absolute Gasteiger partial charge is 0.465 e. The summed E-state index contributed by atoms with van der Waals surface area (Å²) >= 11 is 1.29. The lowest BCUT2D eigenvalue weighted by Crippen LogP contribution is -2.59. The average molecular weight is 802 g/mol. The molecule has 15 heteroatoms. The fraction of sp³-hybridized carbons (Fsp3) is 0.439. The first-order valence-corrected chi connectivity index (χ1v) is 21.9. The number of pyridine rings is 1. The van der Waals surface area contributed by atoms with Gasteiger partial charge in [0.25, 0.3) is 5.91 Å². The zero-order valence-corrected chi connectivity index (χ0v) is 33.6. The maximum atomic E-state index is 14.3. The molecular formula is C41H48N5O8PS. The second-order valence-electron chi connectivity index (χ2n) is 15.1. The van der Waals surface area contributed by atoms with Gasteiger partial charge in [-0.1, -0.05) is 31.2 Å². The Morgan fingerprint density at radius 1 is 1.00 bits per heavy atom. The van der Waals surface area contributed by atoms with Gasteiger partial charge in [-0.2, -0.15) is 0 Å². The van der Waals surface area contributed by atoms with Gasteiger partial charge in [0.2, 0.25) is 11.8 Å². The van der Waals surface area contributed by atoms with Gasteiger partial charge in [-0.25, -0.2) is 5.09 Å². The number of hydrogen-bond acceptors (Lipinski definition) is 9. The molecule has 3 fully saturated rings. The number of fused-ring (bicyclic) bond motifs is 2. The minimum Gasteiger partial charge on any atom is -0.465 e. The lowest BCUT2D eigenvalue weighted by molar-refractivity contribution is -0.148. The number of para-hydroxylation sites is 1.